The predicted octanol–water partition coefficient (Wildman–Crippen LogP) is 2.80. The van der Waals surface area contributed by atoms with Crippen LogP contribution < -0.4 is 5.32 Å². The van der Waals surface area contributed by atoms with Gasteiger partial charge in [0.1, 0.15) is 0 Å². The summed E-state index contributed by atoms with van der Waals surface area (Å²) in [6, 6.07) is 14.2. The maximum atomic E-state index is 12.4. The van der Waals surface area contributed by atoms with Gasteiger partial charge in [0.05, 0.1) is 17.2 Å². The first-order valence-corrected chi connectivity index (χ1v) is 6.88. The third-order valence-corrected chi connectivity index (χ3v) is 3.84. The van der Waals surface area contributed by atoms with Crippen LogP contribution in [0.3, 0.4) is 0 Å². The summed E-state index contributed by atoms with van der Waals surface area (Å²) in [5.74, 6) is -1.43. The lowest BCUT2D eigenvalue weighted by Gasteiger charge is -2.15. The van der Waals surface area contributed by atoms with Crippen LogP contribution in [0.2, 0.25) is 0 Å². The molecule has 1 unspecified atom stereocenters. The number of carboxylic acids is 1. The number of fused-ring (bicyclic) bond motifs is 1. The van der Waals surface area contributed by atoms with Gasteiger partial charge in [0.2, 0.25) is 0 Å². The summed E-state index contributed by atoms with van der Waals surface area (Å²) < 4.78 is 0. The highest BCUT2D eigenvalue weighted by Crippen LogP contribution is 2.31. The Morgan fingerprint density at radius 1 is 1.00 bits per heavy atom. The lowest BCUT2D eigenvalue weighted by atomic mass is 10.0. The number of carbonyl (C=O) groups is 2. The topological polar surface area (TPSA) is 66.4 Å². The van der Waals surface area contributed by atoms with E-state index in [2.05, 4.69) is 11.4 Å². The fourth-order valence-corrected chi connectivity index (χ4v) is 2.81. The van der Waals surface area contributed by atoms with Gasteiger partial charge in [-0.25, -0.2) is 4.79 Å². The molecule has 0 aromatic heterocycles. The van der Waals surface area contributed by atoms with Gasteiger partial charge < -0.3 is 10.4 Å². The van der Waals surface area contributed by atoms with E-state index in [1.165, 1.54) is 11.6 Å². The summed E-state index contributed by atoms with van der Waals surface area (Å²) in [5, 5.41) is 12.1. The molecule has 0 saturated heterocycles. The van der Waals surface area contributed by atoms with Crippen LogP contribution in [0.25, 0.3) is 0 Å². The second-order valence-electron chi connectivity index (χ2n) is 5.11. The Morgan fingerprint density at radius 2 is 1.67 bits per heavy atom. The van der Waals surface area contributed by atoms with E-state index in [4.69, 9.17) is 5.11 Å². The Bertz CT molecular complexity index is 709. The van der Waals surface area contributed by atoms with Crippen LogP contribution in [0.4, 0.5) is 0 Å². The lowest BCUT2D eigenvalue weighted by Crippen LogP contribution is -2.28. The van der Waals surface area contributed by atoms with Crippen LogP contribution in [0.1, 0.15) is 44.3 Å². The molecule has 0 fully saturated rings. The summed E-state index contributed by atoms with van der Waals surface area (Å²) in [7, 11) is 0. The van der Waals surface area contributed by atoms with E-state index in [9.17, 15) is 9.59 Å². The van der Waals surface area contributed by atoms with Crippen LogP contribution >= 0.6 is 0 Å². The normalized spacial score (nSPS) is 16.3. The third kappa shape index (κ3) is 2.52. The second-order valence-corrected chi connectivity index (χ2v) is 5.11. The number of rotatable bonds is 3. The number of nitrogens with one attached hydrogen (secondary N) is 1. The second kappa shape index (κ2) is 5.40. The lowest BCUT2D eigenvalue weighted by molar-refractivity contribution is 0.0690. The first-order valence-electron chi connectivity index (χ1n) is 6.88. The van der Waals surface area contributed by atoms with Crippen molar-refractivity contribution in [2.24, 2.45) is 0 Å². The largest absolute Gasteiger partial charge is 0.478 e. The summed E-state index contributed by atoms with van der Waals surface area (Å²) >= 11 is 0. The Labute approximate surface area is 122 Å². The van der Waals surface area contributed by atoms with Crippen molar-refractivity contribution in [3.05, 3.63) is 70.8 Å². The highest BCUT2D eigenvalue weighted by Gasteiger charge is 2.25. The van der Waals surface area contributed by atoms with Crippen LogP contribution in [0, 0.1) is 0 Å². The standard InChI is InChI=1S/C17H15NO3/c19-16(13-7-3-4-8-14(13)17(20)21)18-15-10-9-11-5-1-2-6-12(11)15/h1-8,15H,9-10H2,(H,18,19)(H,20,21). The average Bonchev–Trinajstić information content (AvgIpc) is 2.90. The Hall–Kier alpha value is -2.62. The molecule has 3 rings (SSSR count). The molecule has 2 aromatic rings. The van der Waals surface area contributed by atoms with Gasteiger partial charge in [0, 0.05) is 0 Å². The number of benzene rings is 2. The van der Waals surface area contributed by atoms with E-state index in [1.54, 1.807) is 18.2 Å². The van der Waals surface area contributed by atoms with Gasteiger partial charge in [-0.1, -0.05) is 36.4 Å². The quantitative estimate of drug-likeness (QED) is 0.909. The fourth-order valence-electron chi connectivity index (χ4n) is 2.81. The number of carbonyl (C=O) groups excluding carboxylic acids is 1. The SMILES string of the molecule is O=C(O)c1ccccc1C(=O)NC1CCc2ccccc21. The zero-order valence-electron chi connectivity index (χ0n) is 11.4. The molecule has 2 N–H and O–H groups in total. The number of hydrogen-bond acceptors (Lipinski definition) is 2. The van der Waals surface area contributed by atoms with Crippen molar-refractivity contribution in [3.8, 4) is 0 Å². The fraction of sp³-hybridized carbons (Fsp3) is 0.176. The van der Waals surface area contributed by atoms with Gasteiger partial charge in [0.15, 0.2) is 0 Å². The van der Waals surface area contributed by atoms with Crippen LogP contribution in [0.5, 0.6) is 0 Å². The van der Waals surface area contributed by atoms with Gasteiger partial charge in [-0.3, -0.25) is 4.79 Å². The minimum absolute atomic E-state index is 0.0290. The first-order chi connectivity index (χ1) is 10.2. The van der Waals surface area contributed by atoms with Crippen LogP contribution in [0.15, 0.2) is 48.5 Å². The smallest absolute Gasteiger partial charge is 0.336 e. The van der Waals surface area contributed by atoms with E-state index >= 15 is 0 Å². The van der Waals surface area contributed by atoms with Crippen molar-refractivity contribution in [1.29, 1.82) is 0 Å². The molecule has 0 saturated carbocycles. The minimum atomic E-state index is -1.09. The number of carboxylic acid groups (broad SMARTS) is 1. The molecule has 0 bridgehead atoms. The molecule has 106 valence electrons. The highest BCUT2D eigenvalue weighted by molar-refractivity contribution is 6.04. The van der Waals surface area contributed by atoms with E-state index in [0.29, 0.717) is 0 Å². The number of hydrogen-bond donors (Lipinski definition) is 2. The molecule has 0 heterocycles. The molecule has 4 nitrogen and oxygen atoms in total. The maximum Gasteiger partial charge on any atom is 0.336 e. The summed E-state index contributed by atoms with van der Waals surface area (Å²) in [6.07, 6.45) is 1.78. The molecule has 0 aliphatic heterocycles. The Kier molecular flexibility index (Phi) is 3.44. The zero-order valence-corrected chi connectivity index (χ0v) is 11.4. The maximum absolute atomic E-state index is 12.4. The zero-order chi connectivity index (χ0) is 14.8. The molecular weight excluding hydrogens is 266 g/mol. The minimum Gasteiger partial charge on any atom is -0.478 e. The van der Waals surface area contributed by atoms with Gasteiger partial charge in [-0.05, 0) is 36.1 Å². The van der Waals surface area contributed by atoms with Crippen molar-refractivity contribution in [2.45, 2.75) is 18.9 Å². The molecule has 1 amide bonds. The van der Waals surface area contributed by atoms with E-state index in [1.807, 2.05) is 18.2 Å². The monoisotopic (exact) mass is 281 g/mol. The van der Waals surface area contributed by atoms with Crippen molar-refractivity contribution in [1.82, 2.24) is 5.32 Å². The molecule has 1 aliphatic rings. The van der Waals surface area contributed by atoms with Crippen LogP contribution in [-0.4, -0.2) is 17.0 Å². The molecule has 2 aromatic carbocycles. The highest BCUT2D eigenvalue weighted by atomic mass is 16.4. The van der Waals surface area contributed by atoms with E-state index in [0.717, 1.165) is 18.4 Å². The first kappa shape index (κ1) is 13.4. The van der Waals surface area contributed by atoms with Gasteiger partial charge >= 0.3 is 5.97 Å². The summed E-state index contributed by atoms with van der Waals surface area (Å²) in [5.41, 5.74) is 2.60. The van der Waals surface area contributed by atoms with Crippen LogP contribution in [-0.2, 0) is 6.42 Å². The number of aryl methyl sites for hydroxylation is 1. The van der Waals surface area contributed by atoms with Gasteiger partial charge in [-0.2, -0.15) is 0 Å². The predicted molar refractivity (Wildman–Crippen MR) is 78.4 cm³/mol. The van der Waals surface area contributed by atoms with E-state index in [-0.39, 0.29) is 23.1 Å². The summed E-state index contributed by atoms with van der Waals surface area (Å²) in [6.45, 7) is 0. The van der Waals surface area contributed by atoms with Crippen molar-refractivity contribution in [2.75, 3.05) is 0 Å². The van der Waals surface area contributed by atoms with E-state index < -0.39 is 5.97 Å². The Morgan fingerprint density at radius 3 is 2.43 bits per heavy atom. The molecule has 1 atom stereocenters. The third-order valence-electron chi connectivity index (χ3n) is 3.84. The average molecular weight is 281 g/mol. The molecule has 21 heavy (non-hydrogen) atoms. The molecule has 0 spiro atoms. The van der Waals surface area contributed by atoms with Crippen molar-refractivity contribution >= 4 is 11.9 Å². The van der Waals surface area contributed by atoms with Crippen molar-refractivity contribution < 1.29 is 14.7 Å². The molecule has 0 radical (unpaired) electrons. The van der Waals surface area contributed by atoms with Crippen molar-refractivity contribution in [3.63, 3.8) is 0 Å². The molecular formula is C17H15NO3. The van der Waals surface area contributed by atoms with Gasteiger partial charge in [0.25, 0.3) is 5.91 Å². The molecule has 4 heteroatoms. The number of amides is 1. The number of aromatic carboxylic acids is 1. The Balaban J connectivity index is 1.84. The molecule has 1 aliphatic carbocycles. The van der Waals surface area contributed by atoms with Gasteiger partial charge in [-0.15, -0.1) is 0 Å². The summed E-state index contributed by atoms with van der Waals surface area (Å²) in [4.78, 5) is 23.5.